The molecule has 0 unspecified atom stereocenters. The van der Waals surface area contributed by atoms with Gasteiger partial charge in [-0.3, -0.25) is 9.69 Å². The third kappa shape index (κ3) is 4.22. The molecule has 5 heteroatoms. The van der Waals surface area contributed by atoms with Crippen molar-refractivity contribution in [3.05, 3.63) is 58.9 Å². The molecule has 26 heavy (non-hydrogen) atoms. The maximum atomic E-state index is 13.9. The van der Waals surface area contributed by atoms with Gasteiger partial charge in [0.1, 0.15) is 5.82 Å². The zero-order chi connectivity index (χ0) is 18.7. The Bertz CT molecular complexity index is 775. The van der Waals surface area contributed by atoms with Crippen LogP contribution in [0.5, 0.6) is 0 Å². The first-order valence-corrected chi connectivity index (χ1v) is 9.03. The van der Waals surface area contributed by atoms with Crippen molar-refractivity contribution >= 4 is 17.3 Å². The van der Waals surface area contributed by atoms with Crippen LogP contribution in [0, 0.1) is 26.6 Å². The number of halogens is 1. The fraction of sp³-hybridized carbons (Fsp3) is 0.381. The van der Waals surface area contributed by atoms with Gasteiger partial charge in [0.05, 0.1) is 12.2 Å². The average molecular weight is 355 g/mol. The topological polar surface area (TPSA) is 35.6 Å². The number of hydrogen-bond acceptors (Lipinski definition) is 3. The molecule has 138 valence electrons. The minimum Gasteiger partial charge on any atom is -0.367 e. The Kier molecular flexibility index (Phi) is 5.57. The van der Waals surface area contributed by atoms with E-state index < -0.39 is 0 Å². The number of rotatable bonds is 4. The summed E-state index contributed by atoms with van der Waals surface area (Å²) in [6, 6.07) is 11.0. The highest BCUT2D eigenvalue weighted by Crippen LogP contribution is 2.22. The summed E-state index contributed by atoms with van der Waals surface area (Å²) in [6.45, 7) is 9.37. The molecule has 1 aliphatic heterocycles. The van der Waals surface area contributed by atoms with Gasteiger partial charge in [0.2, 0.25) is 5.91 Å². The van der Waals surface area contributed by atoms with Crippen molar-refractivity contribution in [2.24, 2.45) is 0 Å². The van der Waals surface area contributed by atoms with Crippen molar-refractivity contribution in [3.63, 3.8) is 0 Å². The summed E-state index contributed by atoms with van der Waals surface area (Å²) < 4.78 is 13.9. The summed E-state index contributed by atoms with van der Waals surface area (Å²) in [7, 11) is 0. The van der Waals surface area contributed by atoms with Gasteiger partial charge in [-0.15, -0.1) is 0 Å². The molecule has 1 aliphatic rings. The molecule has 1 amide bonds. The summed E-state index contributed by atoms with van der Waals surface area (Å²) in [4.78, 5) is 16.6. The lowest BCUT2D eigenvalue weighted by atomic mass is 10.1. The van der Waals surface area contributed by atoms with Crippen LogP contribution in [0.3, 0.4) is 0 Å². The second-order valence-electron chi connectivity index (χ2n) is 7.04. The lowest BCUT2D eigenvalue weighted by Crippen LogP contribution is -2.49. The van der Waals surface area contributed by atoms with E-state index in [1.807, 2.05) is 24.8 Å². The van der Waals surface area contributed by atoms with Crippen LogP contribution in [0.2, 0.25) is 0 Å². The molecule has 0 aliphatic carbocycles. The third-order valence-corrected chi connectivity index (χ3v) is 4.87. The fourth-order valence-corrected chi connectivity index (χ4v) is 3.61. The molecule has 0 atom stereocenters. The minimum absolute atomic E-state index is 0.000560. The van der Waals surface area contributed by atoms with E-state index in [0.717, 1.165) is 43.0 Å². The molecule has 0 spiro atoms. The number of anilines is 2. The van der Waals surface area contributed by atoms with E-state index in [9.17, 15) is 9.18 Å². The van der Waals surface area contributed by atoms with E-state index in [1.54, 1.807) is 12.1 Å². The van der Waals surface area contributed by atoms with E-state index in [1.165, 1.54) is 11.6 Å². The van der Waals surface area contributed by atoms with Crippen LogP contribution in [-0.4, -0.2) is 43.5 Å². The molecule has 4 nitrogen and oxygen atoms in total. The van der Waals surface area contributed by atoms with Gasteiger partial charge in [-0.25, -0.2) is 4.39 Å². The SMILES string of the molecule is Cc1cc(C)c(NC(=O)CN2CCN(c3ccccc3F)CC2)c(C)c1. The van der Waals surface area contributed by atoms with Crippen molar-refractivity contribution in [3.8, 4) is 0 Å². The Morgan fingerprint density at radius 2 is 1.65 bits per heavy atom. The zero-order valence-corrected chi connectivity index (χ0v) is 15.7. The molecule has 0 bridgehead atoms. The Balaban J connectivity index is 1.55. The number of aryl methyl sites for hydroxylation is 3. The average Bonchev–Trinajstić information content (AvgIpc) is 2.59. The van der Waals surface area contributed by atoms with Crippen LogP contribution >= 0.6 is 0 Å². The minimum atomic E-state index is -0.191. The second kappa shape index (κ2) is 7.87. The highest BCUT2D eigenvalue weighted by atomic mass is 19.1. The van der Waals surface area contributed by atoms with Crippen LogP contribution in [-0.2, 0) is 4.79 Å². The Hall–Kier alpha value is -2.40. The van der Waals surface area contributed by atoms with E-state index in [4.69, 9.17) is 0 Å². The molecule has 2 aromatic rings. The molecule has 0 saturated carbocycles. The van der Waals surface area contributed by atoms with E-state index >= 15 is 0 Å². The second-order valence-corrected chi connectivity index (χ2v) is 7.04. The zero-order valence-electron chi connectivity index (χ0n) is 15.7. The van der Waals surface area contributed by atoms with Gasteiger partial charge in [-0.1, -0.05) is 29.8 Å². The third-order valence-electron chi connectivity index (χ3n) is 4.87. The lowest BCUT2D eigenvalue weighted by molar-refractivity contribution is -0.117. The van der Waals surface area contributed by atoms with Crippen LogP contribution in [0.4, 0.5) is 15.8 Å². The lowest BCUT2D eigenvalue weighted by Gasteiger charge is -2.35. The molecular formula is C21H26FN3O. The normalized spacial score (nSPS) is 15.2. The predicted octanol–water partition coefficient (Wildman–Crippen LogP) is 3.51. The first-order valence-electron chi connectivity index (χ1n) is 9.03. The van der Waals surface area contributed by atoms with Crippen LogP contribution in [0.25, 0.3) is 0 Å². The van der Waals surface area contributed by atoms with Crippen LogP contribution in [0.15, 0.2) is 36.4 Å². The van der Waals surface area contributed by atoms with Gasteiger partial charge < -0.3 is 10.2 Å². The van der Waals surface area contributed by atoms with Crippen molar-refractivity contribution in [1.29, 1.82) is 0 Å². The molecule has 3 rings (SSSR count). The summed E-state index contributed by atoms with van der Waals surface area (Å²) in [5.74, 6) is -0.191. The quantitative estimate of drug-likeness (QED) is 0.912. The summed E-state index contributed by atoms with van der Waals surface area (Å²) in [5.41, 5.74) is 4.91. The monoisotopic (exact) mass is 355 g/mol. The summed E-state index contributed by atoms with van der Waals surface area (Å²) >= 11 is 0. The van der Waals surface area contributed by atoms with Crippen LogP contribution < -0.4 is 10.2 Å². The first kappa shape index (κ1) is 18.4. The number of carbonyl (C=O) groups is 1. The largest absolute Gasteiger partial charge is 0.367 e. The molecule has 1 saturated heterocycles. The highest BCUT2D eigenvalue weighted by Gasteiger charge is 2.21. The van der Waals surface area contributed by atoms with Gasteiger partial charge in [-0.2, -0.15) is 0 Å². The molecule has 2 aromatic carbocycles. The van der Waals surface area contributed by atoms with Crippen molar-refractivity contribution < 1.29 is 9.18 Å². The number of amides is 1. The van der Waals surface area contributed by atoms with Crippen molar-refractivity contribution in [2.45, 2.75) is 20.8 Å². The van der Waals surface area contributed by atoms with Crippen LogP contribution in [0.1, 0.15) is 16.7 Å². The smallest absolute Gasteiger partial charge is 0.238 e. The standard InChI is InChI=1S/C21H26FN3O/c1-15-12-16(2)21(17(3)13-15)23-20(26)14-24-8-10-25(11-9-24)19-7-5-4-6-18(19)22/h4-7,12-13H,8-11,14H2,1-3H3,(H,23,26). The molecule has 1 fully saturated rings. The predicted molar refractivity (Wildman–Crippen MR) is 104 cm³/mol. The highest BCUT2D eigenvalue weighted by molar-refractivity contribution is 5.93. The van der Waals surface area contributed by atoms with Gasteiger partial charge >= 0.3 is 0 Å². The summed E-state index contributed by atoms with van der Waals surface area (Å²) in [6.07, 6.45) is 0. The van der Waals surface area contributed by atoms with Gasteiger partial charge in [0.25, 0.3) is 0 Å². The maximum absolute atomic E-state index is 13.9. The maximum Gasteiger partial charge on any atom is 0.238 e. The molecule has 1 N–H and O–H groups in total. The number of nitrogens with zero attached hydrogens (tertiary/aromatic N) is 2. The fourth-order valence-electron chi connectivity index (χ4n) is 3.61. The Morgan fingerprint density at radius 3 is 2.27 bits per heavy atom. The molecular weight excluding hydrogens is 329 g/mol. The molecule has 0 aromatic heterocycles. The number of carbonyl (C=O) groups excluding carboxylic acids is 1. The number of nitrogens with one attached hydrogen (secondary N) is 1. The van der Waals surface area contributed by atoms with E-state index in [-0.39, 0.29) is 11.7 Å². The Labute approximate surface area is 154 Å². The molecule has 1 heterocycles. The van der Waals surface area contributed by atoms with Crippen molar-refractivity contribution in [1.82, 2.24) is 4.90 Å². The summed E-state index contributed by atoms with van der Waals surface area (Å²) in [5, 5.41) is 3.05. The first-order chi connectivity index (χ1) is 12.4. The number of hydrogen-bond donors (Lipinski definition) is 1. The molecule has 0 radical (unpaired) electrons. The number of piperazine rings is 1. The Morgan fingerprint density at radius 1 is 1.04 bits per heavy atom. The van der Waals surface area contributed by atoms with Gasteiger partial charge in [0.15, 0.2) is 0 Å². The number of benzene rings is 2. The van der Waals surface area contributed by atoms with Crippen molar-refractivity contribution in [2.75, 3.05) is 42.9 Å². The van der Waals surface area contributed by atoms with Gasteiger partial charge in [-0.05, 0) is 44.0 Å². The van der Waals surface area contributed by atoms with E-state index in [0.29, 0.717) is 12.2 Å². The van der Waals surface area contributed by atoms with E-state index in [2.05, 4.69) is 29.3 Å². The number of para-hydroxylation sites is 1. The van der Waals surface area contributed by atoms with Gasteiger partial charge in [0, 0.05) is 31.9 Å².